The Hall–Kier alpha value is -1.64. The van der Waals surface area contributed by atoms with Crippen molar-refractivity contribution in [1.29, 1.82) is 0 Å². The topological polar surface area (TPSA) is 17.8 Å². The van der Waals surface area contributed by atoms with Crippen molar-refractivity contribution < 1.29 is 4.39 Å². The number of aromatic nitrogens is 2. The number of imidazole rings is 1. The van der Waals surface area contributed by atoms with Gasteiger partial charge in [-0.15, -0.1) is 0 Å². The predicted octanol–water partition coefficient (Wildman–Crippen LogP) is 4.76. The molecule has 0 unspecified atom stereocenters. The molecule has 1 aromatic heterocycles. The molecule has 1 aliphatic heterocycles. The molecule has 2 heterocycles. The summed E-state index contributed by atoms with van der Waals surface area (Å²) < 4.78 is 17.0. The van der Waals surface area contributed by atoms with Crippen LogP contribution in [-0.2, 0) is 0 Å². The fourth-order valence-corrected chi connectivity index (χ4v) is 4.07. The van der Waals surface area contributed by atoms with E-state index in [-0.39, 0.29) is 12.0 Å². The lowest BCUT2D eigenvalue weighted by molar-refractivity contribution is 0.159. The molecule has 2 aliphatic rings. The summed E-state index contributed by atoms with van der Waals surface area (Å²) in [6.07, 6.45) is 9.44. The minimum Gasteiger partial charge on any atom is -0.323 e. The van der Waals surface area contributed by atoms with Crippen LogP contribution in [0.3, 0.4) is 0 Å². The molecule has 2 nitrogen and oxygen atoms in total. The van der Waals surface area contributed by atoms with Gasteiger partial charge < -0.3 is 4.57 Å². The van der Waals surface area contributed by atoms with E-state index in [0.29, 0.717) is 6.42 Å². The van der Waals surface area contributed by atoms with Crippen molar-refractivity contribution in [1.82, 2.24) is 9.55 Å². The summed E-state index contributed by atoms with van der Waals surface area (Å²) in [5, 5.41) is 0. The molecule has 2 aromatic rings. The quantitative estimate of drug-likeness (QED) is 0.794. The van der Waals surface area contributed by atoms with Gasteiger partial charge in [0.25, 0.3) is 0 Å². The van der Waals surface area contributed by atoms with Gasteiger partial charge in [0.15, 0.2) is 0 Å². The summed E-state index contributed by atoms with van der Waals surface area (Å²) in [5.74, 6) is 0.262. The third-order valence-electron chi connectivity index (χ3n) is 5.21. The van der Waals surface area contributed by atoms with Crippen LogP contribution in [0.5, 0.6) is 0 Å². The minimum absolute atomic E-state index is 0.121. The van der Waals surface area contributed by atoms with Gasteiger partial charge in [-0.05, 0) is 24.3 Å². The Balaban J connectivity index is 1.60. The van der Waals surface area contributed by atoms with Crippen molar-refractivity contribution in [3.63, 3.8) is 0 Å². The Morgan fingerprint density at radius 2 is 2.00 bits per heavy atom. The molecule has 21 heavy (non-hydrogen) atoms. The maximum Gasteiger partial charge on any atom is 0.105 e. The highest BCUT2D eigenvalue weighted by Crippen LogP contribution is 2.43. The fourth-order valence-electron chi connectivity index (χ4n) is 4.07. The van der Waals surface area contributed by atoms with Crippen molar-refractivity contribution in [2.45, 2.75) is 50.7 Å². The monoisotopic (exact) mass is 284 g/mol. The highest BCUT2D eigenvalue weighted by atomic mass is 19.1. The van der Waals surface area contributed by atoms with Crippen molar-refractivity contribution in [2.75, 3.05) is 0 Å². The highest BCUT2D eigenvalue weighted by molar-refractivity contribution is 5.68. The van der Waals surface area contributed by atoms with Gasteiger partial charge in [0.2, 0.25) is 0 Å². The molecular weight excluding hydrogens is 263 g/mol. The van der Waals surface area contributed by atoms with Gasteiger partial charge in [0.1, 0.15) is 6.17 Å². The van der Waals surface area contributed by atoms with Gasteiger partial charge in [-0.1, -0.05) is 43.5 Å². The van der Waals surface area contributed by atoms with E-state index in [1.54, 1.807) is 0 Å². The molecule has 3 heteroatoms. The van der Waals surface area contributed by atoms with Crippen LogP contribution in [0.15, 0.2) is 36.8 Å². The van der Waals surface area contributed by atoms with Gasteiger partial charge in [-0.3, -0.25) is 0 Å². The van der Waals surface area contributed by atoms with Crippen molar-refractivity contribution >= 4 is 0 Å². The first kappa shape index (κ1) is 13.1. The SMILES string of the molecule is F[C@H](C[C@H]1c2ccccc2-c2cncn21)C1CCCCC1. The first-order chi connectivity index (χ1) is 10.3. The van der Waals surface area contributed by atoms with Crippen LogP contribution in [0.4, 0.5) is 4.39 Å². The molecule has 0 radical (unpaired) electrons. The van der Waals surface area contributed by atoms with Crippen LogP contribution in [0.1, 0.15) is 50.1 Å². The second-order valence-corrected chi connectivity index (χ2v) is 6.44. The number of hydrogen-bond donors (Lipinski definition) is 0. The maximum atomic E-state index is 14.8. The second kappa shape index (κ2) is 5.28. The lowest BCUT2D eigenvalue weighted by Gasteiger charge is -2.27. The molecule has 1 saturated carbocycles. The van der Waals surface area contributed by atoms with E-state index in [0.717, 1.165) is 18.5 Å². The van der Waals surface area contributed by atoms with Gasteiger partial charge in [-0.25, -0.2) is 9.37 Å². The smallest absolute Gasteiger partial charge is 0.105 e. The van der Waals surface area contributed by atoms with E-state index in [1.807, 2.05) is 18.6 Å². The zero-order valence-corrected chi connectivity index (χ0v) is 12.2. The summed E-state index contributed by atoms with van der Waals surface area (Å²) in [6, 6.07) is 8.49. The molecule has 1 fully saturated rings. The summed E-state index contributed by atoms with van der Waals surface area (Å²) in [6.45, 7) is 0. The van der Waals surface area contributed by atoms with Crippen molar-refractivity contribution in [3.05, 3.63) is 42.4 Å². The van der Waals surface area contributed by atoms with E-state index in [1.165, 1.54) is 30.4 Å². The zero-order valence-electron chi connectivity index (χ0n) is 12.2. The Labute approximate surface area is 125 Å². The van der Waals surface area contributed by atoms with Crippen LogP contribution in [-0.4, -0.2) is 15.7 Å². The number of fused-ring (bicyclic) bond motifs is 3. The summed E-state index contributed by atoms with van der Waals surface area (Å²) in [7, 11) is 0. The normalized spacial score (nSPS) is 22.8. The first-order valence-corrected chi connectivity index (χ1v) is 8.10. The zero-order chi connectivity index (χ0) is 14.2. The number of alkyl halides is 1. The largest absolute Gasteiger partial charge is 0.323 e. The fraction of sp³-hybridized carbons (Fsp3) is 0.500. The van der Waals surface area contributed by atoms with Gasteiger partial charge in [-0.2, -0.15) is 0 Å². The lowest BCUT2D eigenvalue weighted by Crippen LogP contribution is -2.22. The first-order valence-electron chi connectivity index (χ1n) is 8.10. The Morgan fingerprint density at radius 1 is 1.19 bits per heavy atom. The molecule has 0 N–H and O–H groups in total. The standard InChI is InChI=1S/C18H21FN2/c19-16(13-6-2-1-3-7-13)10-17-14-8-4-5-9-15(14)18-11-20-12-21(17)18/h4-5,8-9,11-13,16-17H,1-3,6-7,10H2/t16-,17+/m1/s1. The third-order valence-corrected chi connectivity index (χ3v) is 5.21. The molecule has 1 aliphatic carbocycles. The number of hydrogen-bond acceptors (Lipinski definition) is 1. The van der Waals surface area contributed by atoms with E-state index in [2.05, 4.69) is 27.8 Å². The molecule has 0 bridgehead atoms. The molecule has 4 rings (SSSR count). The van der Waals surface area contributed by atoms with E-state index in [9.17, 15) is 4.39 Å². The minimum atomic E-state index is -0.697. The van der Waals surface area contributed by atoms with Crippen LogP contribution in [0, 0.1) is 5.92 Å². The average molecular weight is 284 g/mol. The predicted molar refractivity (Wildman–Crippen MR) is 81.9 cm³/mol. The Morgan fingerprint density at radius 3 is 2.86 bits per heavy atom. The van der Waals surface area contributed by atoms with E-state index < -0.39 is 6.17 Å². The lowest BCUT2D eigenvalue weighted by atomic mass is 9.83. The molecule has 1 aromatic carbocycles. The molecule has 0 amide bonds. The molecule has 110 valence electrons. The number of rotatable bonds is 3. The summed E-state index contributed by atoms with van der Waals surface area (Å²) >= 11 is 0. The highest BCUT2D eigenvalue weighted by Gasteiger charge is 2.33. The molecule has 0 saturated heterocycles. The Kier molecular flexibility index (Phi) is 3.28. The van der Waals surface area contributed by atoms with Crippen LogP contribution >= 0.6 is 0 Å². The number of benzene rings is 1. The van der Waals surface area contributed by atoms with E-state index in [4.69, 9.17) is 0 Å². The average Bonchev–Trinajstić information content (AvgIpc) is 3.11. The van der Waals surface area contributed by atoms with E-state index >= 15 is 0 Å². The van der Waals surface area contributed by atoms with Crippen molar-refractivity contribution in [2.24, 2.45) is 5.92 Å². The number of nitrogens with zero attached hydrogens (tertiary/aromatic N) is 2. The third kappa shape index (κ3) is 2.19. The summed E-state index contributed by atoms with van der Waals surface area (Å²) in [4.78, 5) is 4.25. The molecule has 0 spiro atoms. The molecule has 2 atom stereocenters. The van der Waals surface area contributed by atoms with Crippen LogP contribution in [0.2, 0.25) is 0 Å². The number of halogens is 1. The maximum absolute atomic E-state index is 14.8. The van der Waals surface area contributed by atoms with Crippen LogP contribution in [0.25, 0.3) is 11.3 Å². The Bertz CT molecular complexity index is 628. The van der Waals surface area contributed by atoms with Crippen molar-refractivity contribution in [3.8, 4) is 11.3 Å². The molecular formula is C18H21FN2. The van der Waals surface area contributed by atoms with Gasteiger partial charge in [0, 0.05) is 12.0 Å². The second-order valence-electron chi connectivity index (χ2n) is 6.44. The van der Waals surface area contributed by atoms with Gasteiger partial charge >= 0.3 is 0 Å². The van der Waals surface area contributed by atoms with Gasteiger partial charge in [0.05, 0.1) is 24.3 Å². The summed E-state index contributed by atoms with van der Waals surface area (Å²) in [5.41, 5.74) is 3.61. The van der Waals surface area contributed by atoms with Crippen LogP contribution < -0.4 is 0 Å².